The van der Waals surface area contributed by atoms with E-state index >= 15 is 0 Å². The third kappa shape index (κ3) is 2.03. The third-order valence-electron chi connectivity index (χ3n) is 7.54. The molecule has 0 aromatic heterocycles. The second kappa shape index (κ2) is 4.85. The molecule has 0 nitrogen and oxygen atoms in total. The van der Waals surface area contributed by atoms with Crippen molar-refractivity contribution in [3.63, 3.8) is 0 Å². The average Bonchev–Trinajstić information content (AvgIpc) is 2.70. The largest absolute Gasteiger partial charge is 0.0622 e. The van der Waals surface area contributed by atoms with Gasteiger partial charge in [-0.25, -0.2) is 0 Å². The van der Waals surface area contributed by atoms with Crippen LogP contribution < -0.4 is 0 Å². The van der Waals surface area contributed by atoms with Crippen molar-refractivity contribution in [3.05, 3.63) is 47.5 Å². The first-order chi connectivity index (χ1) is 11.1. The molecule has 23 heavy (non-hydrogen) atoms. The molecule has 0 spiro atoms. The summed E-state index contributed by atoms with van der Waals surface area (Å²) in [6.45, 7) is 4.80. The maximum Gasteiger partial charge on any atom is -0.00328 e. The van der Waals surface area contributed by atoms with Crippen molar-refractivity contribution in [2.75, 3.05) is 0 Å². The molecule has 5 atom stereocenters. The Morgan fingerprint density at radius 3 is 2.39 bits per heavy atom. The minimum absolute atomic E-state index is 0.481. The summed E-state index contributed by atoms with van der Waals surface area (Å²) in [7, 11) is 0. The van der Waals surface area contributed by atoms with Gasteiger partial charge in [-0.2, -0.15) is 0 Å². The highest BCUT2D eigenvalue weighted by molar-refractivity contribution is 5.89. The molecule has 4 aliphatic carbocycles. The first-order valence-corrected chi connectivity index (χ1v) is 9.63. The van der Waals surface area contributed by atoms with E-state index in [1.54, 1.807) is 10.9 Å². The van der Waals surface area contributed by atoms with Crippen LogP contribution in [-0.2, 0) is 5.41 Å². The zero-order chi connectivity index (χ0) is 15.6. The molecule has 4 aliphatic rings. The second-order valence-electron chi connectivity index (χ2n) is 9.04. The molecule has 4 unspecified atom stereocenters. The van der Waals surface area contributed by atoms with Crippen molar-refractivity contribution < 1.29 is 0 Å². The molecule has 2 aromatic carbocycles. The molecule has 2 aromatic rings. The van der Waals surface area contributed by atoms with Crippen LogP contribution >= 0.6 is 0 Å². The lowest BCUT2D eigenvalue weighted by atomic mass is 9.55. The molecule has 0 radical (unpaired) electrons. The zero-order valence-electron chi connectivity index (χ0n) is 14.5. The monoisotopic (exact) mass is 304 g/mol. The Balaban J connectivity index is 1.71. The van der Waals surface area contributed by atoms with Gasteiger partial charge in [0.25, 0.3) is 0 Å². The summed E-state index contributed by atoms with van der Waals surface area (Å²) in [5.41, 5.74) is 3.60. The van der Waals surface area contributed by atoms with E-state index in [0.717, 1.165) is 23.7 Å². The first-order valence-electron chi connectivity index (χ1n) is 9.63. The topological polar surface area (TPSA) is 0 Å². The molecule has 4 bridgehead atoms. The normalized spacial score (nSPS) is 38.9. The predicted molar refractivity (Wildman–Crippen MR) is 97.7 cm³/mol. The van der Waals surface area contributed by atoms with E-state index in [9.17, 15) is 0 Å². The van der Waals surface area contributed by atoms with Crippen LogP contribution in [0.25, 0.3) is 10.8 Å². The van der Waals surface area contributed by atoms with Gasteiger partial charge in [0.15, 0.2) is 0 Å². The van der Waals surface area contributed by atoms with Gasteiger partial charge in [0.1, 0.15) is 0 Å². The molecular weight excluding hydrogens is 276 g/mol. The van der Waals surface area contributed by atoms with Crippen molar-refractivity contribution in [1.82, 2.24) is 0 Å². The predicted octanol–water partition coefficient (Wildman–Crippen LogP) is 6.25. The maximum absolute atomic E-state index is 2.54. The number of rotatable bonds is 1. The standard InChI is InChI=1S/C23H28/c1-15-7-8-22(21-6-4-3-5-20(15)21)23-12-17-9-16(2)19(14-23)11-18(10-17)13-23/h3-8,16-19H,9-14H2,1-2H3/t16-,17?,18?,19?,23?/m1/s1. The molecule has 0 heteroatoms. The summed E-state index contributed by atoms with van der Waals surface area (Å²) in [5.74, 6) is 3.90. The zero-order valence-corrected chi connectivity index (χ0v) is 14.5. The summed E-state index contributed by atoms with van der Waals surface area (Å²) in [5, 5.41) is 3.02. The van der Waals surface area contributed by atoms with Crippen molar-refractivity contribution in [2.45, 2.75) is 57.8 Å². The van der Waals surface area contributed by atoms with E-state index in [2.05, 4.69) is 50.2 Å². The van der Waals surface area contributed by atoms with Gasteiger partial charge < -0.3 is 0 Å². The van der Waals surface area contributed by atoms with Gasteiger partial charge in [0, 0.05) is 0 Å². The Bertz CT molecular complexity index is 758. The van der Waals surface area contributed by atoms with Gasteiger partial charge in [0.2, 0.25) is 0 Å². The van der Waals surface area contributed by atoms with Gasteiger partial charge in [-0.05, 0) is 96.4 Å². The molecule has 4 saturated carbocycles. The SMILES string of the molecule is Cc1ccc(C23CC4CC(C[C@@H](C)C(C4)C2)C3)c2ccccc12. The second-order valence-corrected chi connectivity index (χ2v) is 9.04. The van der Waals surface area contributed by atoms with Crippen molar-refractivity contribution in [3.8, 4) is 0 Å². The smallest absolute Gasteiger partial charge is 0.00328 e. The highest BCUT2D eigenvalue weighted by atomic mass is 14.6. The Labute approximate surface area is 140 Å². The number of fused-ring (bicyclic) bond motifs is 2. The maximum atomic E-state index is 2.54. The molecule has 0 amide bonds. The summed E-state index contributed by atoms with van der Waals surface area (Å²) in [6, 6.07) is 14.0. The van der Waals surface area contributed by atoms with Gasteiger partial charge >= 0.3 is 0 Å². The van der Waals surface area contributed by atoms with Crippen LogP contribution in [0.2, 0.25) is 0 Å². The first kappa shape index (κ1) is 14.1. The van der Waals surface area contributed by atoms with E-state index in [0.29, 0.717) is 5.41 Å². The van der Waals surface area contributed by atoms with Gasteiger partial charge in [-0.15, -0.1) is 0 Å². The fourth-order valence-electron chi connectivity index (χ4n) is 6.76. The Morgan fingerprint density at radius 1 is 0.826 bits per heavy atom. The van der Waals surface area contributed by atoms with Gasteiger partial charge in [0.05, 0.1) is 0 Å². The molecule has 120 valence electrons. The van der Waals surface area contributed by atoms with Crippen LogP contribution in [0.4, 0.5) is 0 Å². The number of aryl methyl sites for hydroxylation is 1. The Hall–Kier alpha value is -1.30. The van der Waals surface area contributed by atoms with Crippen LogP contribution in [0.3, 0.4) is 0 Å². The van der Waals surface area contributed by atoms with Crippen LogP contribution in [-0.4, -0.2) is 0 Å². The van der Waals surface area contributed by atoms with Crippen LogP contribution in [0.5, 0.6) is 0 Å². The fraction of sp³-hybridized carbons (Fsp3) is 0.565. The van der Waals surface area contributed by atoms with Gasteiger partial charge in [-0.1, -0.05) is 43.3 Å². The number of hydrogen-bond donors (Lipinski definition) is 0. The highest BCUT2D eigenvalue weighted by Gasteiger charge is 2.51. The summed E-state index contributed by atoms with van der Waals surface area (Å²) < 4.78 is 0. The molecule has 0 aliphatic heterocycles. The van der Waals surface area contributed by atoms with E-state index in [1.807, 2.05) is 0 Å². The van der Waals surface area contributed by atoms with E-state index in [-0.39, 0.29) is 0 Å². The average molecular weight is 304 g/mol. The van der Waals surface area contributed by atoms with Gasteiger partial charge in [-0.3, -0.25) is 0 Å². The highest BCUT2D eigenvalue weighted by Crippen LogP contribution is 2.60. The minimum Gasteiger partial charge on any atom is -0.0622 e. The number of hydrogen-bond acceptors (Lipinski definition) is 0. The quantitative estimate of drug-likeness (QED) is 0.584. The Morgan fingerprint density at radius 2 is 1.57 bits per heavy atom. The third-order valence-corrected chi connectivity index (χ3v) is 7.54. The number of benzene rings is 2. The molecule has 4 fully saturated rings. The van der Waals surface area contributed by atoms with Crippen LogP contribution in [0, 0.1) is 30.6 Å². The summed E-state index contributed by atoms with van der Waals surface area (Å²) >= 11 is 0. The lowest BCUT2D eigenvalue weighted by Crippen LogP contribution is -2.41. The van der Waals surface area contributed by atoms with E-state index < -0.39 is 0 Å². The van der Waals surface area contributed by atoms with Crippen molar-refractivity contribution >= 4 is 10.8 Å². The van der Waals surface area contributed by atoms with E-state index in [1.165, 1.54) is 49.5 Å². The summed E-state index contributed by atoms with van der Waals surface area (Å²) in [4.78, 5) is 0. The van der Waals surface area contributed by atoms with Crippen LogP contribution in [0.15, 0.2) is 36.4 Å². The fourth-order valence-corrected chi connectivity index (χ4v) is 6.76. The lowest BCUT2D eigenvalue weighted by molar-refractivity contribution is 0.0937. The Kier molecular flexibility index (Phi) is 2.97. The van der Waals surface area contributed by atoms with Crippen molar-refractivity contribution in [2.24, 2.45) is 23.7 Å². The minimum atomic E-state index is 0.481. The van der Waals surface area contributed by atoms with E-state index in [4.69, 9.17) is 0 Å². The molecule has 0 saturated heterocycles. The van der Waals surface area contributed by atoms with Crippen LogP contribution in [0.1, 0.15) is 56.6 Å². The molecule has 0 heterocycles. The lowest BCUT2D eigenvalue weighted by Gasteiger charge is -2.49. The summed E-state index contributed by atoms with van der Waals surface area (Å²) in [6.07, 6.45) is 8.90. The molecule has 6 rings (SSSR count). The molecule has 0 N–H and O–H groups in total. The van der Waals surface area contributed by atoms with Crippen molar-refractivity contribution in [1.29, 1.82) is 0 Å². The molecular formula is C23H28.